The lowest BCUT2D eigenvalue weighted by molar-refractivity contribution is 0.102. The Morgan fingerprint density at radius 1 is 1.03 bits per heavy atom. The molecular weight excluding hydrogens is 472 g/mol. The molecule has 174 valence electrons. The van der Waals surface area contributed by atoms with Crippen LogP contribution in [0.25, 0.3) is 0 Å². The average molecular weight is 495 g/mol. The van der Waals surface area contributed by atoms with Crippen LogP contribution >= 0.6 is 11.8 Å². The summed E-state index contributed by atoms with van der Waals surface area (Å²) in [7, 11) is -0.549. The van der Waals surface area contributed by atoms with Gasteiger partial charge in [0, 0.05) is 35.6 Å². The number of para-hydroxylation sites is 2. The summed E-state index contributed by atoms with van der Waals surface area (Å²) in [6.45, 7) is 0. The minimum atomic E-state index is -3.93. The number of carbonyl (C=O) groups excluding carboxylic acids is 1. The molecule has 3 aromatic carbocycles. The van der Waals surface area contributed by atoms with E-state index in [1.165, 1.54) is 37.1 Å². The molecule has 0 saturated heterocycles. The normalized spacial score (nSPS) is 11.1. The van der Waals surface area contributed by atoms with Crippen LogP contribution in [0.5, 0.6) is 5.75 Å². The first-order valence-electron chi connectivity index (χ1n) is 10.2. The molecule has 34 heavy (non-hydrogen) atoms. The lowest BCUT2D eigenvalue weighted by Gasteiger charge is -2.12. The van der Waals surface area contributed by atoms with E-state index in [0.717, 1.165) is 10.1 Å². The minimum Gasteiger partial charge on any atom is -0.495 e. The lowest BCUT2D eigenvalue weighted by Crippen LogP contribution is -2.16. The second-order valence-electron chi connectivity index (χ2n) is 7.23. The van der Waals surface area contributed by atoms with Crippen LogP contribution in [-0.2, 0) is 17.1 Å². The van der Waals surface area contributed by atoms with Crippen LogP contribution in [0.15, 0.2) is 100 Å². The van der Waals surface area contributed by atoms with E-state index in [9.17, 15) is 13.2 Å². The maximum absolute atomic E-state index is 12.9. The zero-order valence-electron chi connectivity index (χ0n) is 18.4. The van der Waals surface area contributed by atoms with E-state index in [1.807, 2.05) is 29.9 Å². The van der Waals surface area contributed by atoms with Crippen LogP contribution in [0, 0.1) is 0 Å². The smallest absolute Gasteiger partial charge is 0.262 e. The molecule has 1 heterocycles. The molecule has 0 unspecified atom stereocenters. The van der Waals surface area contributed by atoms with Crippen LogP contribution in [0.4, 0.5) is 11.4 Å². The first-order valence-corrected chi connectivity index (χ1v) is 12.5. The number of rotatable bonds is 8. The van der Waals surface area contributed by atoms with Crippen molar-refractivity contribution < 1.29 is 17.9 Å². The first kappa shape index (κ1) is 23.4. The highest BCUT2D eigenvalue weighted by atomic mass is 32.2. The van der Waals surface area contributed by atoms with Crippen molar-refractivity contribution >= 4 is 39.1 Å². The van der Waals surface area contributed by atoms with Crippen molar-refractivity contribution in [2.45, 2.75) is 14.9 Å². The Bertz CT molecular complexity index is 1420. The molecule has 0 radical (unpaired) electrons. The molecule has 0 atom stereocenters. The van der Waals surface area contributed by atoms with Gasteiger partial charge in [0.1, 0.15) is 5.75 Å². The fraction of sp³-hybridized carbons (Fsp3) is 0.0833. The maximum atomic E-state index is 12.9. The van der Waals surface area contributed by atoms with Gasteiger partial charge < -0.3 is 14.6 Å². The van der Waals surface area contributed by atoms with Gasteiger partial charge in [-0.1, -0.05) is 30.0 Å². The number of methoxy groups -OCH3 is 1. The molecule has 0 fully saturated rings. The Labute approximate surface area is 202 Å². The summed E-state index contributed by atoms with van der Waals surface area (Å²) in [6, 6.07) is 19.9. The summed E-state index contributed by atoms with van der Waals surface area (Å²) < 4.78 is 35.4. The third-order valence-corrected chi connectivity index (χ3v) is 7.30. The first-order chi connectivity index (χ1) is 16.4. The number of aryl methyl sites for hydroxylation is 1. The largest absolute Gasteiger partial charge is 0.495 e. The van der Waals surface area contributed by atoms with Gasteiger partial charge in [0.2, 0.25) is 0 Å². The van der Waals surface area contributed by atoms with Crippen LogP contribution in [0.2, 0.25) is 0 Å². The van der Waals surface area contributed by atoms with Crippen LogP contribution in [0.1, 0.15) is 10.4 Å². The number of nitrogens with one attached hydrogen (secondary N) is 2. The summed E-state index contributed by atoms with van der Waals surface area (Å²) >= 11 is 1.51. The third-order valence-electron chi connectivity index (χ3n) is 4.86. The zero-order chi connectivity index (χ0) is 24.1. The molecule has 0 aliphatic heterocycles. The number of hydrogen-bond donors (Lipinski definition) is 2. The number of hydrogen-bond acceptors (Lipinski definition) is 6. The predicted molar refractivity (Wildman–Crippen MR) is 132 cm³/mol. The zero-order valence-corrected chi connectivity index (χ0v) is 20.1. The topological polar surface area (TPSA) is 102 Å². The van der Waals surface area contributed by atoms with E-state index in [-0.39, 0.29) is 10.5 Å². The quantitative estimate of drug-likeness (QED) is 0.370. The van der Waals surface area contributed by atoms with Gasteiger partial charge in [-0.3, -0.25) is 9.52 Å². The van der Waals surface area contributed by atoms with Crippen molar-refractivity contribution in [1.29, 1.82) is 0 Å². The minimum absolute atomic E-state index is 0.0344. The van der Waals surface area contributed by atoms with E-state index in [0.29, 0.717) is 17.1 Å². The molecule has 4 aromatic rings. The number of carbonyl (C=O) groups is 1. The number of sulfonamides is 1. The molecule has 0 bridgehead atoms. The van der Waals surface area contributed by atoms with Crippen molar-refractivity contribution in [2.24, 2.45) is 7.05 Å². The molecule has 2 N–H and O–H groups in total. The Balaban J connectivity index is 1.47. The van der Waals surface area contributed by atoms with E-state index >= 15 is 0 Å². The predicted octanol–water partition coefficient (Wildman–Crippen LogP) is 4.63. The molecule has 0 aliphatic rings. The van der Waals surface area contributed by atoms with Crippen molar-refractivity contribution in [3.05, 3.63) is 90.8 Å². The monoisotopic (exact) mass is 494 g/mol. The van der Waals surface area contributed by atoms with E-state index in [2.05, 4.69) is 15.0 Å². The van der Waals surface area contributed by atoms with Gasteiger partial charge in [-0.25, -0.2) is 13.4 Å². The van der Waals surface area contributed by atoms with Crippen molar-refractivity contribution in [1.82, 2.24) is 9.55 Å². The number of anilines is 2. The number of ether oxygens (including phenoxy) is 1. The maximum Gasteiger partial charge on any atom is 0.262 e. The Morgan fingerprint density at radius 3 is 2.50 bits per heavy atom. The Kier molecular flexibility index (Phi) is 6.90. The SMILES string of the molecule is COc1ccccc1NS(=O)(=O)c1cccc(C(=O)Nc2ccc(Sc3nccn3C)cc2)c1. The fourth-order valence-corrected chi connectivity index (χ4v) is 5.02. The molecule has 10 heteroatoms. The molecule has 1 aromatic heterocycles. The van der Waals surface area contributed by atoms with E-state index in [4.69, 9.17) is 4.74 Å². The molecule has 4 rings (SSSR count). The molecule has 0 spiro atoms. The second-order valence-corrected chi connectivity index (χ2v) is 9.96. The summed E-state index contributed by atoms with van der Waals surface area (Å²) in [5.41, 5.74) is 1.12. The molecular formula is C24H22N4O4S2. The number of amides is 1. The van der Waals surface area contributed by atoms with Crippen LogP contribution in [0.3, 0.4) is 0 Å². The highest BCUT2D eigenvalue weighted by Crippen LogP contribution is 2.28. The Morgan fingerprint density at radius 2 is 1.79 bits per heavy atom. The van der Waals surface area contributed by atoms with Gasteiger partial charge in [-0.05, 0) is 54.6 Å². The molecule has 8 nitrogen and oxygen atoms in total. The summed E-state index contributed by atoms with van der Waals surface area (Å²) in [6.07, 6.45) is 3.61. The molecule has 0 saturated carbocycles. The van der Waals surface area contributed by atoms with Gasteiger partial charge in [0.05, 0.1) is 17.7 Å². The van der Waals surface area contributed by atoms with Crippen LogP contribution < -0.4 is 14.8 Å². The molecule has 0 aliphatic carbocycles. The number of imidazole rings is 1. The highest BCUT2D eigenvalue weighted by molar-refractivity contribution is 7.99. The van der Waals surface area contributed by atoms with Crippen molar-refractivity contribution in [3.63, 3.8) is 0 Å². The standard InChI is InChI=1S/C24H22N4O4S2/c1-28-15-14-25-24(28)33-19-12-10-18(11-13-19)26-23(29)17-6-5-7-20(16-17)34(30,31)27-21-8-3-4-9-22(21)32-2/h3-16,27H,1-2H3,(H,26,29). The van der Waals surface area contributed by atoms with Crippen molar-refractivity contribution in [3.8, 4) is 5.75 Å². The number of nitrogens with zero attached hydrogens (tertiary/aromatic N) is 2. The van der Waals surface area contributed by atoms with Gasteiger partial charge in [-0.15, -0.1) is 0 Å². The fourth-order valence-electron chi connectivity index (χ4n) is 3.10. The lowest BCUT2D eigenvalue weighted by atomic mass is 10.2. The third kappa shape index (κ3) is 5.41. The average Bonchev–Trinajstić information content (AvgIpc) is 3.24. The highest BCUT2D eigenvalue weighted by Gasteiger charge is 2.18. The van der Waals surface area contributed by atoms with E-state index in [1.54, 1.807) is 48.7 Å². The summed E-state index contributed by atoms with van der Waals surface area (Å²) in [4.78, 5) is 18.0. The molecule has 1 amide bonds. The number of aromatic nitrogens is 2. The van der Waals surface area contributed by atoms with Gasteiger partial charge in [0.15, 0.2) is 5.16 Å². The summed E-state index contributed by atoms with van der Waals surface area (Å²) in [5.74, 6) is -0.0247. The summed E-state index contributed by atoms with van der Waals surface area (Å²) in [5, 5.41) is 3.66. The Hall–Kier alpha value is -3.76. The van der Waals surface area contributed by atoms with Gasteiger partial charge >= 0.3 is 0 Å². The van der Waals surface area contributed by atoms with Crippen LogP contribution in [-0.4, -0.2) is 31.0 Å². The van der Waals surface area contributed by atoms with Gasteiger partial charge in [0.25, 0.3) is 15.9 Å². The second kappa shape index (κ2) is 10.0. The number of benzene rings is 3. The van der Waals surface area contributed by atoms with Gasteiger partial charge in [-0.2, -0.15) is 0 Å². The van der Waals surface area contributed by atoms with E-state index < -0.39 is 15.9 Å². The van der Waals surface area contributed by atoms with Crippen molar-refractivity contribution in [2.75, 3.05) is 17.1 Å².